The van der Waals surface area contributed by atoms with Gasteiger partial charge in [0.05, 0.1) is 6.61 Å². The van der Waals surface area contributed by atoms with E-state index in [-0.39, 0.29) is 5.91 Å². The van der Waals surface area contributed by atoms with E-state index in [9.17, 15) is 4.79 Å². The van der Waals surface area contributed by atoms with Gasteiger partial charge in [-0.1, -0.05) is 38.0 Å². The van der Waals surface area contributed by atoms with Crippen molar-refractivity contribution in [1.29, 1.82) is 0 Å². The van der Waals surface area contributed by atoms with Crippen LogP contribution in [0.1, 0.15) is 42.3 Å². The SMILES string of the molecule is CCCCCNC(=O)c1oc2ccccc2c1COC. The Bertz CT molecular complexity index is 574. The average molecular weight is 275 g/mol. The molecule has 0 radical (unpaired) electrons. The second kappa shape index (κ2) is 7.10. The average Bonchev–Trinajstić information content (AvgIpc) is 2.83. The second-order valence-corrected chi connectivity index (χ2v) is 4.80. The Kier molecular flexibility index (Phi) is 5.18. The van der Waals surface area contributed by atoms with Crippen molar-refractivity contribution in [1.82, 2.24) is 5.32 Å². The van der Waals surface area contributed by atoms with E-state index in [0.29, 0.717) is 18.9 Å². The molecule has 1 heterocycles. The van der Waals surface area contributed by atoms with Crippen molar-refractivity contribution >= 4 is 16.9 Å². The van der Waals surface area contributed by atoms with Crippen LogP contribution < -0.4 is 5.32 Å². The first-order valence-electron chi connectivity index (χ1n) is 7.05. The zero-order valence-electron chi connectivity index (χ0n) is 12.1. The molecule has 4 heteroatoms. The van der Waals surface area contributed by atoms with Gasteiger partial charge >= 0.3 is 0 Å². The van der Waals surface area contributed by atoms with E-state index in [0.717, 1.165) is 35.8 Å². The molecule has 0 saturated carbocycles. The van der Waals surface area contributed by atoms with Crippen molar-refractivity contribution in [2.75, 3.05) is 13.7 Å². The normalized spacial score (nSPS) is 10.9. The van der Waals surface area contributed by atoms with Crippen LogP contribution in [-0.2, 0) is 11.3 Å². The fourth-order valence-corrected chi connectivity index (χ4v) is 2.23. The molecule has 0 saturated heterocycles. The molecule has 0 spiro atoms. The maximum atomic E-state index is 12.2. The van der Waals surface area contributed by atoms with Crippen molar-refractivity contribution < 1.29 is 13.9 Å². The molecule has 0 aliphatic rings. The molecule has 1 aromatic heterocycles. The third-order valence-electron chi connectivity index (χ3n) is 3.26. The Hall–Kier alpha value is -1.81. The van der Waals surface area contributed by atoms with Crippen LogP contribution in [0, 0.1) is 0 Å². The van der Waals surface area contributed by atoms with E-state index in [1.807, 2.05) is 24.3 Å². The summed E-state index contributed by atoms with van der Waals surface area (Å²) in [6.07, 6.45) is 3.24. The number of para-hydroxylation sites is 1. The van der Waals surface area contributed by atoms with Gasteiger partial charge in [-0.2, -0.15) is 0 Å². The minimum Gasteiger partial charge on any atom is -0.451 e. The predicted molar refractivity (Wildman–Crippen MR) is 78.8 cm³/mol. The van der Waals surface area contributed by atoms with Crippen LogP contribution in [0.4, 0.5) is 0 Å². The molecule has 0 bridgehead atoms. The molecule has 1 aromatic carbocycles. The minimum atomic E-state index is -0.163. The summed E-state index contributed by atoms with van der Waals surface area (Å²) >= 11 is 0. The number of carbonyl (C=O) groups is 1. The van der Waals surface area contributed by atoms with Crippen LogP contribution in [0.25, 0.3) is 11.0 Å². The van der Waals surface area contributed by atoms with E-state index < -0.39 is 0 Å². The van der Waals surface area contributed by atoms with E-state index in [4.69, 9.17) is 9.15 Å². The van der Waals surface area contributed by atoms with E-state index in [1.54, 1.807) is 7.11 Å². The predicted octanol–water partition coefficient (Wildman–Crippen LogP) is 3.50. The molecule has 108 valence electrons. The summed E-state index contributed by atoms with van der Waals surface area (Å²) in [6.45, 7) is 3.18. The highest BCUT2D eigenvalue weighted by Gasteiger charge is 2.19. The molecule has 1 amide bonds. The molecule has 0 atom stereocenters. The van der Waals surface area contributed by atoms with Gasteiger partial charge in [0.1, 0.15) is 5.58 Å². The monoisotopic (exact) mass is 275 g/mol. The maximum Gasteiger partial charge on any atom is 0.287 e. The number of rotatable bonds is 7. The lowest BCUT2D eigenvalue weighted by atomic mass is 10.1. The summed E-state index contributed by atoms with van der Waals surface area (Å²) < 4.78 is 10.9. The largest absolute Gasteiger partial charge is 0.451 e. The molecule has 4 nitrogen and oxygen atoms in total. The highest BCUT2D eigenvalue weighted by atomic mass is 16.5. The van der Waals surface area contributed by atoms with E-state index >= 15 is 0 Å². The summed E-state index contributed by atoms with van der Waals surface area (Å²) in [5.74, 6) is 0.203. The maximum absolute atomic E-state index is 12.2. The van der Waals surface area contributed by atoms with Crippen LogP contribution in [0.3, 0.4) is 0 Å². The first-order chi connectivity index (χ1) is 9.77. The van der Waals surface area contributed by atoms with Gasteiger partial charge in [0, 0.05) is 24.6 Å². The lowest BCUT2D eigenvalue weighted by Gasteiger charge is -2.04. The number of benzene rings is 1. The molecule has 1 N–H and O–H groups in total. The lowest BCUT2D eigenvalue weighted by Crippen LogP contribution is -2.25. The fraction of sp³-hybridized carbons (Fsp3) is 0.438. The summed E-state index contributed by atoms with van der Waals surface area (Å²) in [5.41, 5.74) is 1.54. The van der Waals surface area contributed by atoms with Crippen molar-refractivity contribution in [2.45, 2.75) is 32.8 Å². The molecule has 2 aromatic rings. The highest BCUT2D eigenvalue weighted by Crippen LogP contribution is 2.26. The van der Waals surface area contributed by atoms with Gasteiger partial charge in [-0.25, -0.2) is 0 Å². The van der Waals surface area contributed by atoms with E-state index in [1.165, 1.54) is 0 Å². The number of nitrogens with one attached hydrogen (secondary N) is 1. The van der Waals surface area contributed by atoms with Gasteiger partial charge in [0.2, 0.25) is 0 Å². The van der Waals surface area contributed by atoms with Crippen LogP contribution >= 0.6 is 0 Å². The lowest BCUT2D eigenvalue weighted by molar-refractivity contribution is 0.0921. The summed E-state index contributed by atoms with van der Waals surface area (Å²) in [6, 6.07) is 7.63. The Morgan fingerprint density at radius 2 is 2.10 bits per heavy atom. The first kappa shape index (κ1) is 14.6. The first-order valence-corrected chi connectivity index (χ1v) is 7.05. The fourth-order valence-electron chi connectivity index (χ4n) is 2.23. The zero-order valence-corrected chi connectivity index (χ0v) is 12.1. The number of ether oxygens (including phenoxy) is 1. The Morgan fingerprint density at radius 3 is 2.85 bits per heavy atom. The number of furan rings is 1. The molecule has 0 aliphatic heterocycles. The van der Waals surface area contributed by atoms with Gasteiger partial charge in [-0.05, 0) is 12.5 Å². The summed E-state index contributed by atoms with van der Waals surface area (Å²) in [4.78, 5) is 12.2. The zero-order chi connectivity index (χ0) is 14.4. The van der Waals surface area contributed by atoms with Crippen molar-refractivity contribution in [3.05, 3.63) is 35.6 Å². The number of fused-ring (bicyclic) bond motifs is 1. The quantitative estimate of drug-likeness (QED) is 0.787. The number of methoxy groups -OCH3 is 1. The molecule has 20 heavy (non-hydrogen) atoms. The number of unbranched alkanes of at least 4 members (excludes halogenated alkanes) is 2. The highest BCUT2D eigenvalue weighted by molar-refractivity contribution is 5.99. The van der Waals surface area contributed by atoms with Crippen molar-refractivity contribution in [3.8, 4) is 0 Å². The van der Waals surface area contributed by atoms with Crippen molar-refractivity contribution in [2.24, 2.45) is 0 Å². The van der Waals surface area contributed by atoms with Gasteiger partial charge < -0.3 is 14.5 Å². The molecule has 0 fully saturated rings. The van der Waals surface area contributed by atoms with Crippen LogP contribution in [0.2, 0.25) is 0 Å². The third-order valence-corrected chi connectivity index (χ3v) is 3.26. The summed E-state index contributed by atoms with van der Waals surface area (Å²) in [5, 5.41) is 3.84. The van der Waals surface area contributed by atoms with Crippen LogP contribution in [0.15, 0.2) is 28.7 Å². The van der Waals surface area contributed by atoms with Crippen LogP contribution in [0.5, 0.6) is 0 Å². The number of hydrogen-bond acceptors (Lipinski definition) is 3. The van der Waals surface area contributed by atoms with Gasteiger partial charge in [-0.15, -0.1) is 0 Å². The topological polar surface area (TPSA) is 51.5 Å². The van der Waals surface area contributed by atoms with E-state index in [2.05, 4.69) is 12.2 Å². The Balaban J connectivity index is 2.19. The number of hydrogen-bond donors (Lipinski definition) is 1. The minimum absolute atomic E-state index is 0.163. The van der Waals surface area contributed by atoms with Crippen molar-refractivity contribution in [3.63, 3.8) is 0 Å². The molecule has 0 aliphatic carbocycles. The number of amides is 1. The number of carbonyl (C=O) groups excluding carboxylic acids is 1. The standard InChI is InChI=1S/C16H21NO3/c1-3-4-7-10-17-16(18)15-13(11-19-2)12-8-5-6-9-14(12)20-15/h5-6,8-9H,3-4,7,10-11H2,1-2H3,(H,17,18). The Labute approximate surface area is 119 Å². The van der Waals surface area contributed by atoms with Gasteiger partial charge in [-0.3, -0.25) is 4.79 Å². The smallest absolute Gasteiger partial charge is 0.287 e. The Morgan fingerprint density at radius 1 is 1.30 bits per heavy atom. The third kappa shape index (κ3) is 3.20. The summed E-state index contributed by atoms with van der Waals surface area (Å²) in [7, 11) is 1.62. The van der Waals surface area contributed by atoms with Crippen LogP contribution in [-0.4, -0.2) is 19.6 Å². The van der Waals surface area contributed by atoms with Gasteiger partial charge in [0.25, 0.3) is 5.91 Å². The molecule has 2 rings (SSSR count). The van der Waals surface area contributed by atoms with Gasteiger partial charge in [0.15, 0.2) is 5.76 Å². The second-order valence-electron chi connectivity index (χ2n) is 4.80. The molecule has 0 unspecified atom stereocenters. The molecular weight excluding hydrogens is 254 g/mol. The molecular formula is C16H21NO3.